The van der Waals surface area contributed by atoms with Gasteiger partial charge in [0.1, 0.15) is 0 Å². The topological polar surface area (TPSA) is 32.3 Å². The maximum absolute atomic E-state index is 12.4. The fraction of sp³-hybridized carbons (Fsp3) is 0.350. The van der Waals surface area contributed by atoms with Gasteiger partial charge in [-0.25, -0.2) is 0 Å². The molecule has 5 heteroatoms. The summed E-state index contributed by atoms with van der Waals surface area (Å²) in [5, 5.41) is 3.60. The number of hydrogen-bond donors (Lipinski definition) is 1. The first-order valence-electron chi connectivity index (χ1n) is 8.60. The van der Waals surface area contributed by atoms with Crippen LogP contribution in [-0.2, 0) is 11.3 Å². The minimum Gasteiger partial charge on any atom is -0.360 e. The van der Waals surface area contributed by atoms with Crippen molar-refractivity contribution in [3.63, 3.8) is 0 Å². The van der Waals surface area contributed by atoms with E-state index in [-0.39, 0.29) is 5.91 Å². The average molecular weight is 373 g/mol. The molecule has 0 radical (unpaired) electrons. The van der Waals surface area contributed by atoms with Crippen LogP contribution in [-0.4, -0.2) is 30.5 Å². The maximum Gasteiger partial charge on any atom is 0.239 e. The molecule has 1 amide bonds. The van der Waals surface area contributed by atoms with Gasteiger partial charge >= 0.3 is 0 Å². The van der Waals surface area contributed by atoms with Crippen molar-refractivity contribution in [2.75, 3.05) is 24.2 Å². The molecule has 132 valence electrons. The quantitative estimate of drug-likeness (QED) is 0.761. The van der Waals surface area contributed by atoms with E-state index in [2.05, 4.69) is 65.9 Å². The van der Waals surface area contributed by atoms with Gasteiger partial charge in [0, 0.05) is 28.1 Å². The van der Waals surface area contributed by atoms with Gasteiger partial charge < -0.3 is 10.2 Å². The number of carbonyl (C=O) groups is 1. The van der Waals surface area contributed by atoms with Gasteiger partial charge in [-0.3, -0.25) is 4.79 Å². The number of nitrogens with one attached hydrogen (secondary N) is 1. The Labute approximate surface area is 158 Å². The first-order valence-corrected chi connectivity index (χ1v) is 10.7. The lowest BCUT2D eigenvalue weighted by Crippen LogP contribution is -2.42. The van der Waals surface area contributed by atoms with E-state index in [1.807, 2.05) is 17.8 Å². The van der Waals surface area contributed by atoms with E-state index < -0.39 is 0 Å². The predicted molar refractivity (Wildman–Crippen MR) is 109 cm³/mol. The minimum absolute atomic E-state index is 0.0745. The standard InChI is InChI=1S/C20H24N2OS2/c1-3-16-13-22(18-6-4-5-7-19(18)25-16)14-20(23)21-12-15-8-10-17(24-2)11-9-15/h4-11,16H,3,12-14H2,1-2H3,(H,21,23)/t16-/m1/s1. The van der Waals surface area contributed by atoms with Gasteiger partial charge in [0.15, 0.2) is 0 Å². The molecule has 1 heterocycles. The van der Waals surface area contributed by atoms with Crippen LogP contribution < -0.4 is 10.2 Å². The molecule has 0 aliphatic carbocycles. The Hall–Kier alpha value is -1.59. The zero-order chi connectivity index (χ0) is 17.6. The molecular weight excluding hydrogens is 348 g/mol. The summed E-state index contributed by atoms with van der Waals surface area (Å²) >= 11 is 3.65. The SMILES string of the molecule is CC[C@@H]1CN(CC(=O)NCc2ccc(SC)cc2)c2ccccc2S1. The number of benzene rings is 2. The Morgan fingerprint density at radius 2 is 2.00 bits per heavy atom. The highest BCUT2D eigenvalue weighted by molar-refractivity contribution is 8.00. The molecule has 0 saturated heterocycles. The third-order valence-corrected chi connectivity index (χ3v) is 6.52. The van der Waals surface area contributed by atoms with E-state index in [1.54, 1.807) is 11.8 Å². The molecule has 1 aliphatic heterocycles. The normalized spacial score (nSPS) is 16.4. The van der Waals surface area contributed by atoms with Crippen molar-refractivity contribution < 1.29 is 4.79 Å². The molecule has 0 spiro atoms. The van der Waals surface area contributed by atoms with Crippen LogP contribution >= 0.6 is 23.5 Å². The summed E-state index contributed by atoms with van der Waals surface area (Å²) in [7, 11) is 0. The highest BCUT2D eigenvalue weighted by Gasteiger charge is 2.25. The molecule has 1 atom stereocenters. The first kappa shape index (κ1) is 18.2. The van der Waals surface area contributed by atoms with Crippen molar-refractivity contribution in [3.8, 4) is 0 Å². The number of thioether (sulfide) groups is 2. The Morgan fingerprint density at radius 1 is 1.24 bits per heavy atom. The summed E-state index contributed by atoms with van der Waals surface area (Å²) in [6.45, 7) is 4.13. The summed E-state index contributed by atoms with van der Waals surface area (Å²) in [6.07, 6.45) is 3.17. The van der Waals surface area contributed by atoms with Crippen LogP contribution in [0.2, 0.25) is 0 Å². The van der Waals surface area contributed by atoms with Crippen molar-refractivity contribution in [2.45, 2.75) is 34.9 Å². The van der Waals surface area contributed by atoms with Crippen molar-refractivity contribution in [1.29, 1.82) is 0 Å². The lowest BCUT2D eigenvalue weighted by atomic mass is 10.2. The Balaban J connectivity index is 1.60. The molecule has 3 rings (SSSR count). The number of carbonyl (C=O) groups excluding carboxylic acids is 1. The maximum atomic E-state index is 12.4. The summed E-state index contributed by atoms with van der Waals surface area (Å²) in [4.78, 5) is 17.2. The van der Waals surface area contributed by atoms with E-state index in [4.69, 9.17) is 0 Å². The van der Waals surface area contributed by atoms with E-state index in [1.165, 1.54) is 15.5 Å². The Bertz CT molecular complexity index is 718. The number of fused-ring (bicyclic) bond motifs is 1. The van der Waals surface area contributed by atoms with Crippen LogP contribution in [0, 0.1) is 0 Å². The molecule has 1 N–H and O–H groups in total. The second-order valence-corrected chi connectivity index (χ2v) is 8.34. The Morgan fingerprint density at radius 3 is 2.72 bits per heavy atom. The van der Waals surface area contributed by atoms with E-state index in [0.29, 0.717) is 18.3 Å². The number of hydrogen-bond acceptors (Lipinski definition) is 4. The van der Waals surface area contributed by atoms with Crippen LogP contribution in [0.3, 0.4) is 0 Å². The molecule has 0 saturated carbocycles. The zero-order valence-corrected chi connectivity index (χ0v) is 16.3. The molecule has 0 fully saturated rings. The van der Waals surface area contributed by atoms with Crippen LogP contribution in [0.4, 0.5) is 5.69 Å². The summed E-state index contributed by atoms with van der Waals surface area (Å²) < 4.78 is 0. The second-order valence-electron chi connectivity index (χ2n) is 6.12. The third-order valence-electron chi connectivity index (χ3n) is 4.36. The molecule has 3 nitrogen and oxygen atoms in total. The van der Waals surface area contributed by atoms with Crippen LogP contribution in [0.15, 0.2) is 58.3 Å². The zero-order valence-electron chi connectivity index (χ0n) is 14.7. The predicted octanol–water partition coefficient (Wildman–Crippen LogP) is 4.42. The largest absolute Gasteiger partial charge is 0.360 e. The first-order chi connectivity index (χ1) is 12.2. The fourth-order valence-corrected chi connectivity index (χ4v) is 4.58. The molecule has 25 heavy (non-hydrogen) atoms. The highest BCUT2D eigenvalue weighted by atomic mass is 32.2. The van der Waals surface area contributed by atoms with Gasteiger partial charge in [0.2, 0.25) is 5.91 Å². The van der Waals surface area contributed by atoms with Crippen molar-refractivity contribution >= 4 is 35.1 Å². The van der Waals surface area contributed by atoms with Crippen molar-refractivity contribution in [1.82, 2.24) is 5.32 Å². The molecule has 2 aromatic rings. The number of amides is 1. The summed E-state index contributed by atoms with van der Waals surface area (Å²) in [6, 6.07) is 16.7. The summed E-state index contributed by atoms with van der Waals surface area (Å²) in [5.74, 6) is 0.0745. The molecule has 0 aromatic heterocycles. The Kier molecular flexibility index (Phi) is 6.32. The van der Waals surface area contributed by atoms with Gasteiger partial charge in [-0.2, -0.15) is 0 Å². The molecular formula is C20H24N2OS2. The van der Waals surface area contributed by atoms with Gasteiger partial charge in [0.05, 0.1) is 12.2 Å². The van der Waals surface area contributed by atoms with Crippen LogP contribution in [0.5, 0.6) is 0 Å². The van der Waals surface area contributed by atoms with Gasteiger partial charge in [-0.1, -0.05) is 31.2 Å². The molecule has 0 unspecified atom stereocenters. The number of para-hydroxylation sites is 1. The summed E-state index contributed by atoms with van der Waals surface area (Å²) in [5.41, 5.74) is 2.31. The van der Waals surface area contributed by atoms with E-state index in [0.717, 1.165) is 18.5 Å². The third kappa shape index (κ3) is 4.73. The fourth-order valence-electron chi connectivity index (χ4n) is 2.91. The monoisotopic (exact) mass is 372 g/mol. The second kappa shape index (κ2) is 8.68. The average Bonchev–Trinajstić information content (AvgIpc) is 2.66. The number of anilines is 1. The molecule has 0 bridgehead atoms. The number of nitrogens with zero attached hydrogens (tertiary/aromatic N) is 1. The smallest absolute Gasteiger partial charge is 0.239 e. The molecule has 1 aliphatic rings. The van der Waals surface area contributed by atoms with Gasteiger partial charge in [0.25, 0.3) is 0 Å². The van der Waals surface area contributed by atoms with Crippen LogP contribution in [0.25, 0.3) is 0 Å². The van der Waals surface area contributed by atoms with Gasteiger partial charge in [-0.15, -0.1) is 23.5 Å². The number of rotatable bonds is 6. The molecule has 2 aromatic carbocycles. The lowest BCUT2D eigenvalue weighted by molar-refractivity contribution is -0.119. The van der Waals surface area contributed by atoms with Crippen molar-refractivity contribution in [3.05, 3.63) is 54.1 Å². The van der Waals surface area contributed by atoms with Crippen LogP contribution in [0.1, 0.15) is 18.9 Å². The van der Waals surface area contributed by atoms with Gasteiger partial charge in [-0.05, 0) is 42.5 Å². The lowest BCUT2D eigenvalue weighted by Gasteiger charge is -2.34. The van der Waals surface area contributed by atoms with E-state index in [9.17, 15) is 4.79 Å². The highest BCUT2D eigenvalue weighted by Crippen LogP contribution is 2.39. The van der Waals surface area contributed by atoms with E-state index >= 15 is 0 Å². The minimum atomic E-state index is 0.0745. The van der Waals surface area contributed by atoms with Crippen molar-refractivity contribution in [2.24, 2.45) is 0 Å².